The predicted octanol–water partition coefficient (Wildman–Crippen LogP) is 2.78. The van der Waals surface area contributed by atoms with Gasteiger partial charge in [-0.2, -0.15) is 0 Å². The lowest BCUT2D eigenvalue weighted by Crippen LogP contribution is -2.29. The van der Waals surface area contributed by atoms with Gasteiger partial charge in [0.2, 0.25) is 0 Å². The van der Waals surface area contributed by atoms with Crippen LogP contribution in [0.5, 0.6) is 5.75 Å². The van der Waals surface area contributed by atoms with Crippen LogP contribution in [0.3, 0.4) is 0 Å². The van der Waals surface area contributed by atoms with Crippen LogP contribution in [0.2, 0.25) is 0 Å². The molecule has 2 unspecified atom stereocenters. The third-order valence-electron chi connectivity index (χ3n) is 5.68. The van der Waals surface area contributed by atoms with Crippen LogP contribution >= 0.6 is 0 Å². The zero-order chi connectivity index (χ0) is 15.1. The van der Waals surface area contributed by atoms with Crippen molar-refractivity contribution >= 4 is 0 Å². The number of nitrogens with two attached hydrogens (primary N) is 1. The number of methoxy groups -OCH3 is 1. The van der Waals surface area contributed by atoms with Crippen molar-refractivity contribution in [1.82, 2.24) is 0 Å². The zero-order valence-electron chi connectivity index (χ0n) is 13.2. The van der Waals surface area contributed by atoms with Crippen molar-refractivity contribution in [1.29, 1.82) is 0 Å². The largest absolute Gasteiger partial charge is 0.497 e. The van der Waals surface area contributed by atoms with Gasteiger partial charge >= 0.3 is 0 Å². The lowest BCUT2D eigenvalue weighted by Gasteiger charge is -2.24. The molecule has 20 heavy (non-hydrogen) atoms. The van der Waals surface area contributed by atoms with E-state index in [-0.39, 0.29) is 22.7 Å². The molecule has 0 heterocycles. The first kappa shape index (κ1) is 15.3. The second kappa shape index (κ2) is 5.05. The number of hydrogen-bond acceptors (Lipinski definition) is 3. The molecule has 0 amide bonds. The molecule has 0 aliphatic heterocycles. The normalized spacial score (nSPS) is 23.1. The first-order chi connectivity index (χ1) is 9.27. The summed E-state index contributed by atoms with van der Waals surface area (Å²) in [4.78, 5) is 0. The minimum atomic E-state index is -0.404. The molecule has 112 valence electrons. The van der Waals surface area contributed by atoms with Crippen LogP contribution in [0, 0.1) is 16.7 Å². The van der Waals surface area contributed by atoms with Gasteiger partial charge in [-0.25, -0.2) is 0 Å². The van der Waals surface area contributed by atoms with Gasteiger partial charge in [-0.3, -0.25) is 0 Å². The highest BCUT2D eigenvalue weighted by Crippen LogP contribution is 2.70. The van der Waals surface area contributed by atoms with Crippen LogP contribution in [0.25, 0.3) is 0 Å². The summed E-state index contributed by atoms with van der Waals surface area (Å²) < 4.78 is 5.18. The van der Waals surface area contributed by atoms with Gasteiger partial charge in [0, 0.05) is 12.5 Å². The Bertz CT molecular complexity index is 450. The molecule has 1 aliphatic rings. The van der Waals surface area contributed by atoms with E-state index in [1.54, 1.807) is 7.11 Å². The molecule has 2 atom stereocenters. The average molecular weight is 277 g/mol. The fraction of sp³-hybridized carbons (Fsp3) is 0.647. The SMILES string of the molecule is COc1ccc(C(CN)C(O)C2C(C)(C)C2(C)C)cc1. The van der Waals surface area contributed by atoms with Crippen LogP contribution < -0.4 is 10.5 Å². The Labute approximate surface area is 122 Å². The Morgan fingerprint density at radius 1 is 1.15 bits per heavy atom. The molecule has 1 fully saturated rings. The molecule has 3 N–H and O–H groups in total. The molecule has 3 nitrogen and oxygen atoms in total. The number of aliphatic hydroxyl groups excluding tert-OH is 1. The van der Waals surface area contributed by atoms with Gasteiger partial charge < -0.3 is 15.6 Å². The minimum Gasteiger partial charge on any atom is -0.497 e. The lowest BCUT2D eigenvalue weighted by atomic mass is 9.88. The van der Waals surface area contributed by atoms with Crippen LogP contribution in [-0.4, -0.2) is 24.9 Å². The first-order valence-electron chi connectivity index (χ1n) is 7.29. The topological polar surface area (TPSA) is 55.5 Å². The Hall–Kier alpha value is -1.06. The van der Waals surface area contributed by atoms with E-state index in [4.69, 9.17) is 10.5 Å². The highest BCUT2D eigenvalue weighted by Gasteiger charge is 2.67. The molecule has 2 rings (SSSR count). The van der Waals surface area contributed by atoms with E-state index in [1.807, 2.05) is 24.3 Å². The summed E-state index contributed by atoms with van der Waals surface area (Å²) in [5, 5.41) is 10.8. The van der Waals surface area contributed by atoms with Crippen LogP contribution in [-0.2, 0) is 0 Å². The van der Waals surface area contributed by atoms with Gasteiger partial charge in [0.25, 0.3) is 0 Å². The predicted molar refractivity (Wildman–Crippen MR) is 81.8 cm³/mol. The number of aliphatic hydroxyl groups is 1. The molecule has 1 aromatic carbocycles. The second-order valence-electron chi connectivity index (χ2n) is 7.03. The van der Waals surface area contributed by atoms with E-state index in [0.29, 0.717) is 6.54 Å². The van der Waals surface area contributed by atoms with Gasteiger partial charge in [-0.1, -0.05) is 39.8 Å². The van der Waals surface area contributed by atoms with E-state index in [9.17, 15) is 5.11 Å². The highest BCUT2D eigenvalue weighted by molar-refractivity contribution is 5.31. The first-order valence-corrected chi connectivity index (χ1v) is 7.29. The number of hydrogen-bond donors (Lipinski definition) is 2. The monoisotopic (exact) mass is 277 g/mol. The maximum Gasteiger partial charge on any atom is 0.118 e. The Morgan fingerprint density at radius 3 is 2.00 bits per heavy atom. The molecule has 0 aromatic heterocycles. The summed E-state index contributed by atoms with van der Waals surface area (Å²) in [5.74, 6) is 1.09. The Morgan fingerprint density at radius 2 is 1.65 bits per heavy atom. The second-order valence-corrected chi connectivity index (χ2v) is 7.03. The van der Waals surface area contributed by atoms with Gasteiger partial charge in [-0.05, 0) is 34.4 Å². The highest BCUT2D eigenvalue weighted by atomic mass is 16.5. The van der Waals surface area contributed by atoms with Gasteiger partial charge in [-0.15, -0.1) is 0 Å². The fourth-order valence-corrected chi connectivity index (χ4v) is 3.66. The summed E-state index contributed by atoms with van der Waals surface area (Å²) in [7, 11) is 1.65. The minimum absolute atomic E-state index is 0.0213. The summed E-state index contributed by atoms with van der Waals surface area (Å²) >= 11 is 0. The molecule has 1 aliphatic carbocycles. The quantitative estimate of drug-likeness (QED) is 0.870. The maximum atomic E-state index is 10.8. The third kappa shape index (κ3) is 2.23. The van der Waals surface area contributed by atoms with Crippen molar-refractivity contribution in [2.45, 2.75) is 39.7 Å². The third-order valence-corrected chi connectivity index (χ3v) is 5.68. The van der Waals surface area contributed by atoms with Crippen molar-refractivity contribution < 1.29 is 9.84 Å². The van der Waals surface area contributed by atoms with E-state index in [2.05, 4.69) is 27.7 Å². The van der Waals surface area contributed by atoms with Gasteiger partial charge in [0.05, 0.1) is 13.2 Å². The standard InChI is InChI=1S/C17H27NO2/c1-16(2)15(17(16,3)4)14(19)13(10-18)11-6-8-12(20-5)9-7-11/h6-9,13-15,19H,10,18H2,1-5H3. The fourth-order valence-electron chi connectivity index (χ4n) is 3.66. The molecular weight excluding hydrogens is 250 g/mol. The molecule has 0 radical (unpaired) electrons. The van der Waals surface area contributed by atoms with Crippen molar-refractivity contribution in [3.05, 3.63) is 29.8 Å². The molecule has 1 saturated carbocycles. The Kier molecular flexibility index (Phi) is 3.87. The zero-order valence-corrected chi connectivity index (χ0v) is 13.2. The lowest BCUT2D eigenvalue weighted by molar-refractivity contribution is 0.102. The van der Waals surface area contributed by atoms with Crippen LogP contribution in [0.15, 0.2) is 24.3 Å². The summed E-state index contributed by atoms with van der Waals surface area (Å²) in [6, 6.07) is 7.85. The average Bonchev–Trinajstić information content (AvgIpc) is 2.81. The molecule has 3 heteroatoms. The van der Waals surface area contributed by atoms with Crippen LogP contribution in [0.4, 0.5) is 0 Å². The summed E-state index contributed by atoms with van der Waals surface area (Å²) in [5.41, 5.74) is 7.33. The van der Waals surface area contributed by atoms with E-state index < -0.39 is 6.10 Å². The number of rotatable bonds is 5. The van der Waals surface area contributed by atoms with E-state index in [1.165, 1.54) is 0 Å². The smallest absolute Gasteiger partial charge is 0.118 e. The molecule has 0 saturated heterocycles. The summed E-state index contributed by atoms with van der Waals surface area (Å²) in [6.07, 6.45) is -0.404. The molecular formula is C17H27NO2. The summed E-state index contributed by atoms with van der Waals surface area (Å²) in [6.45, 7) is 9.35. The van der Waals surface area contributed by atoms with Crippen molar-refractivity contribution in [2.75, 3.05) is 13.7 Å². The molecule has 1 aromatic rings. The Balaban J connectivity index is 2.20. The van der Waals surface area contributed by atoms with E-state index in [0.717, 1.165) is 11.3 Å². The number of ether oxygens (including phenoxy) is 1. The maximum absolute atomic E-state index is 10.8. The molecule has 0 bridgehead atoms. The molecule has 0 spiro atoms. The van der Waals surface area contributed by atoms with Gasteiger partial charge in [0.15, 0.2) is 0 Å². The van der Waals surface area contributed by atoms with Crippen molar-refractivity contribution in [3.8, 4) is 5.75 Å². The van der Waals surface area contributed by atoms with Crippen LogP contribution in [0.1, 0.15) is 39.2 Å². The van der Waals surface area contributed by atoms with Gasteiger partial charge in [0.1, 0.15) is 5.75 Å². The van der Waals surface area contributed by atoms with Crippen molar-refractivity contribution in [2.24, 2.45) is 22.5 Å². The number of benzene rings is 1. The van der Waals surface area contributed by atoms with E-state index >= 15 is 0 Å². The van der Waals surface area contributed by atoms with Crippen molar-refractivity contribution in [3.63, 3.8) is 0 Å².